The summed E-state index contributed by atoms with van der Waals surface area (Å²) in [6.07, 6.45) is 0. The van der Waals surface area contributed by atoms with Gasteiger partial charge in [-0.3, -0.25) is 4.79 Å². The zero-order valence-corrected chi connectivity index (χ0v) is 16.0. The van der Waals surface area contributed by atoms with Crippen molar-refractivity contribution in [2.75, 3.05) is 27.7 Å². The number of amides is 1. The van der Waals surface area contributed by atoms with Gasteiger partial charge >= 0.3 is 0 Å². The molecular weight excluding hydrogens is 361 g/mol. The fourth-order valence-corrected chi connectivity index (χ4v) is 2.96. The van der Waals surface area contributed by atoms with E-state index in [1.165, 1.54) is 12.1 Å². The molecule has 1 atom stereocenters. The first kappa shape index (κ1) is 19.6. The van der Waals surface area contributed by atoms with Gasteiger partial charge in [-0.2, -0.15) is 0 Å². The van der Waals surface area contributed by atoms with Crippen molar-refractivity contribution in [1.82, 2.24) is 15.4 Å². The lowest BCUT2D eigenvalue weighted by Crippen LogP contribution is -2.34. The molecule has 3 rings (SSSR count). The van der Waals surface area contributed by atoms with Gasteiger partial charge in [-0.05, 0) is 32.3 Å². The average Bonchev–Trinajstić information content (AvgIpc) is 3.18. The number of para-hydroxylation sites is 1. The number of rotatable bonds is 7. The molecular formula is C21H22FN3O3. The van der Waals surface area contributed by atoms with Crippen LogP contribution in [0, 0.1) is 5.82 Å². The molecule has 1 amide bonds. The van der Waals surface area contributed by atoms with Crippen LogP contribution in [-0.4, -0.2) is 43.7 Å². The highest BCUT2D eigenvalue weighted by molar-refractivity contribution is 5.93. The van der Waals surface area contributed by atoms with Gasteiger partial charge in [0.2, 0.25) is 0 Å². The molecule has 0 saturated carbocycles. The summed E-state index contributed by atoms with van der Waals surface area (Å²) < 4.78 is 24.5. The van der Waals surface area contributed by atoms with E-state index in [4.69, 9.17) is 9.26 Å². The molecule has 2 aromatic carbocycles. The van der Waals surface area contributed by atoms with Crippen molar-refractivity contribution < 1.29 is 18.4 Å². The molecule has 1 N–H and O–H groups in total. The van der Waals surface area contributed by atoms with Crippen LogP contribution < -0.4 is 10.1 Å². The number of hydrogen-bond acceptors (Lipinski definition) is 5. The molecule has 28 heavy (non-hydrogen) atoms. The number of halogens is 1. The standard InChI is InChI=1S/C21H22FN3O3/c1-25(2)18(15-9-5-7-11-19(15)27-3)13-23-21(26)17-12-20(28-24-17)14-8-4-6-10-16(14)22/h4-12,18H,13H2,1-3H3,(H,23,26). The van der Waals surface area contributed by atoms with Gasteiger partial charge in [-0.1, -0.05) is 35.5 Å². The number of methoxy groups -OCH3 is 1. The van der Waals surface area contributed by atoms with Gasteiger partial charge in [0.1, 0.15) is 11.6 Å². The van der Waals surface area contributed by atoms with Gasteiger partial charge in [0, 0.05) is 18.2 Å². The van der Waals surface area contributed by atoms with Gasteiger partial charge < -0.3 is 19.5 Å². The van der Waals surface area contributed by atoms with Crippen LogP contribution in [0.4, 0.5) is 4.39 Å². The zero-order chi connectivity index (χ0) is 20.1. The topological polar surface area (TPSA) is 67.6 Å². The van der Waals surface area contributed by atoms with E-state index in [9.17, 15) is 9.18 Å². The SMILES string of the molecule is COc1ccccc1C(CNC(=O)c1cc(-c2ccccc2F)on1)N(C)C. The van der Waals surface area contributed by atoms with Crippen molar-refractivity contribution in [2.45, 2.75) is 6.04 Å². The summed E-state index contributed by atoms with van der Waals surface area (Å²) in [6.45, 7) is 0.341. The minimum Gasteiger partial charge on any atom is -0.496 e. The Morgan fingerprint density at radius 1 is 1.21 bits per heavy atom. The largest absolute Gasteiger partial charge is 0.496 e. The van der Waals surface area contributed by atoms with Crippen LogP contribution in [0.3, 0.4) is 0 Å². The molecule has 0 aliphatic carbocycles. The van der Waals surface area contributed by atoms with Crippen molar-refractivity contribution in [3.8, 4) is 17.1 Å². The first-order valence-electron chi connectivity index (χ1n) is 8.80. The normalized spacial score (nSPS) is 12.0. The van der Waals surface area contributed by atoms with Gasteiger partial charge in [0.15, 0.2) is 11.5 Å². The van der Waals surface area contributed by atoms with E-state index >= 15 is 0 Å². The molecule has 0 spiro atoms. The van der Waals surface area contributed by atoms with Crippen LogP contribution in [0.5, 0.6) is 5.75 Å². The number of carbonyl (C=O) groups is 1. The molecule has 1 unspecified atom stereocenters. The summed E-state index contributed by atoms with van der Waals surface area (Å²) in [5.74, 6) is 0.124. The molecule has 0 saturated heterocycles. The summed E-state index contributed by atoms with van der Waals surface area (Å²) >= 11 is 0. The highest BCUT2D eigenvalue weighted by Crippen LogP contribution is 2.27. The maximum Gasteiger partial charge on any atom is 0.273 e. The van der Waals surface area contributed by atoms with E-state index in [-0.39, 0.29) is 23.1 Å². The van der Waals surface area contributed by atoms with Gasteiger partial charge in [0.25, 0.3) is 5.91 Å². The Kier molecular flexibility index (Phi) is 6.06. The Morgan fingerprint density at radius 2 is 1.93 bits per heavy atom. The number of carbonyl (C=O) groups excluding carboxylic acids is 1. The Bertz CT molecular complexity index is 955. The third-order valence-corrected chi connectivity index (χ3v) is 4.46. The molecule has 1 heterocycles. The number of likely N-dealkylation sites (N-methyl/N-ethyl adjacent to an activating group) is 1. The van der Waals surface area contributed by atoms with Crippen LogP contribution in [0.1, 0.15) is 22.1 Å². The van der Waals surface area contributed by atoms with Gasteiger partial charge in [0.05, 0.1) is 18.7 Å². The van der Waals surface area contributed by atoms with Crippen LogP contribution in [-0.2, 0) is 0 Å². The van der Waals surface area contributed by atoms with Crippen molar-refractivity contribution in [1.29, 1.82) is 0 Å². The lowest BCUT2D eigenvalue weighted by Gasteiger charge is -2.26. The molecule has 1 aromatic heterocycles. The third kappa shape index (κ3) is 4.20. The predicted octanol–water partition coefficient (Wildman–Crippen LogP) is 3.52. The molecule has 6 nitrogen and oxygen atoms in total. The number of hydrogen-bond donors (Lipinski definition) is 1. The van der Waals surface area contributed by atoms with Crippen molar-refractivity contribution in [2.24, 2.45) is 0 Å². The van der Waals surface area contributed by atoms with Gasteiger partial charge in [-0.25, -0.2) is 4.39 Å². The van der Waals surface area contributed by atoms with E-state index in [0.717, 1.165) is 11.3 Å². The highest BCUT2D eigenvalue weighted by Gasteiger charge is 2.21. The second-order valence-electron chi connectivity index (χ2n) is 6.49. The third-order valence-electron chi connectivity index (χ3n) is 4.46. The summed E-state index contributed by atoms with van der Waals surface area (Å²) in [4.78, 5) is 14.5. The maximum atomic E-state index is 13.9. The van der Waals surface area contributed by atoms with E-state index in [1.807, 2.05) is 43.3 Å². The lowest BCUT2D eigenvalue weighted by atomic mass is 10.0. The van der Waals surface area contributed by atoms with E-state index < -0.39 is 11.7 Å². The molecule has 0 fully saturated rings. The van der Waals surface area contributed by atoms with Crippen molar-refractivity contribution >= 4 is 5.91 Å². The lowest BCUT2D eigenvalue weighted by molar-refractivity contribution is 0.0932. The van der Waals surface area contributed by atoms with E-state index in [2.05, 4.69) is 10.5 Å². The smallest absolute Gasteiger partial charge is 0.273 e. The predicted molar refractivity (Wildman–Crippen MR) is 104 cm³/mol. The summed E-state index contributed by atoms with van der Waals surface area (Å²) in [5, 5.41) is 6.63. The maximum absolute atomic E-state index is 13.9. The second-order valence-corrected chi connectivity index (χ2v) is 6.49. The number of nitrogens with zero attached hydrogens (tertiary/aromatic N) is 2. The number of aromatic nitrogens is 1. The van der Waals surface area contributed by atoms with E-state index in [1.54, 1.807) is 25.3 Å². The molecule has 0 aliphatic rings. The minimum atomic E-state index is -0.436. The first-order chi connectivity index (χ1) is 13.5. The van der Waals surface area contributed by atoms with Gasteiger partial charge in [-0.15, -0.1) is 0 Å². The number of ether oxygens (including phenoxy) is 1. The number of nitrogens with one attached hydrogen (secondary N) is 1. The summed E-state index contributed by atoms with van der Waals surface area (Å²) in [6, 6.07) is 15.2. The molecule has 0 radical (unpaired) electrons. The first-order valence-corrected chi connectivity index (χ1v) is 8.80. The van der Waals surface area contributed by atoms with Crippen LogP contribution in [0.2, 0.25) is 0 Å². The summed E-state index contributed by atoms with van der Waals surface area (Å²) in [7, 11) is 5.47. The Morgan fingerprint density at radius 3 is 2.64 bits per heavy atom. The average molecular weight is 383 g/mol. The minimum absolute atomic E-state index is 0.0933. The zero-order valence-electron chi connectivity index (χ0n) is 16.0. The summed E-state index contributed by atoms with van der Waals surface area (Å²) in [5.41, 5.74) is 1.31. The Balaban J connectivity index is 1.73. The highest BCUT2D eigenvalue weighted by atomic mass is 19.1. The van der Waals surface area contributed by atoms with E-state index in [0.29, 0.717) is 6.54 Å². The van der Waals surface area contributed by atoms with Crippen LogP contribution in [0.15, 0.2) is 59.1 Å². The number of benzene rings is 2. The fourth-order valence-electron chi connectivity index (χ4n) is 2.96. The molecule has 0 aliphatic heterocycles. The monoisotopic (exact) mass is 383 g/mol. The fraction of sp³-hybridized carbons (Fsp3) is 0.238. The van der Waals surface area contributed by atoms with Crippen molar-refractivity contribution in [3.05, 3.63) is 71.7 Å². The Hall–Kier alpha value is -3.19. The molecule has 146 valence electrons. The quantitative estimate of drug-likeness (QED) is 0.676. The molecule has 7 heteroatoms. The van der Waals surface area contributed by atoms with Crippen LogP contribution >= 0.6 is 0 Å². The van der Waals surface area contributed by atoms with Crippen molar-refractivity contribution in [3.63, 3.8) is 0 Å². The second kappa shape index (κ2) is 8.67. The van der Waals surface area contributed by atoms with Crippen LogP contribution in [0.25, 0.3) is 11.3 Å². The Labute approximate surface area is 162 Å². The molecule has 3 aromatic rings. The molecule has 0 bridgehead atoms.